The van der Waals surface area contributed by atoms with E-state index in [9.17, 15) is 0 Å². The van der Waals surface area contributed by atoms with E-state index in [1.165, 1.54) is 15.0 Å². The molecule has 3 heterocycles. The summed E-state index contributed by atoms with van der Waals surface area (Å²) in [6, 6.07) is 60.9. The van der Waals surface area contributed by atoms with Gasteiger partial charge in [-0.3, -0.25) is 0 Å². The number of rotatable bonds is 6. The maximum Gasteiger partial charge on any atom is 0.164 e. The van der Waals surface area contributed by atoms with Crippen LogP contribution in [0.5, 0.6) is 0 Å². The zero-order valence-corrected chi connectivity index (χ0v) is 29.2. The lowest BCUT2D eigenvalue weighted by atomic mass is 9.98. The molecule has 6 heteroatoms. The van der Waals surface area contributed by atoms with Crippen LogP contribution in [0, 0.1) is 0 Å². The van der Waals surface area contributed by atoms with Gasteiger partial charge in [-0.1, -0.05) is 152 Å². The number of nitrogens with zero attached hydrogens (tertiary/aromatic N) is 5. The molecule has 0 atom stereocenters. The van der Waals surface area contributed by atoms with Gasteiger partial charge < -0.3 is 0 Å². The number of thiophene rings is 1. The summed E-state index contributed by atoms with van der Waals surface area (Å²) in [5, 5.41) is 11.4. The van der Waals surface area contributed by atoms with Gasteiger partial charge in [0.1, 0.15) is 5.52 Å². The van der Waals surface area contributed by atoms with Crippen LogP contribution in [0.2, 0.25) is 0 Å². The zero-order chi connectivity index (χ0) is 35.1. The fourth-order valence-corrected chi connectivity index (χ4v) is 8.04. The van der Waals surface area contributed by atoms with E-state index in [1.54, 1.807) is 11.3 Å². The highest BCUT2D eigenvalue weighted by atomic mass is 32.1. The van der Waals surface area contributed by atoms with Gasteiger partial charge in [0.15, 0.2) is 17.5 Å². The van der Waals surface area contributed by atoms with Gasteiger partial charge in [-0.2, -0.15) is 0 Å². The molecule has 248 valence electrons. The predicted octanol–water partition coefficient (Wildman–Crippen LogP) is 12.2. The van der Waals surface area contributed by atoms with E-state index in [0.29, 0.717) is 17.5 Å². The summed E-state index contributed by atoms with van der Waals surface area (Å²) < 4.78 is 2.39. The van der Waals surface area contributed by atoms with Gasteiger partial charge >= 0.3 is 0 Å². The van der Waals surface area contributed by atoms with Crippen LogP contribution in [-0.4, -0.2) is 25.1 Å². The summed E-state index contributed by atoms with van der Waals surface area (Å²) in [6.07, 6.45) is 0. The van der Waals surface area contributed by atoms with Crippen LogP contribution in [0.15, 0.2) is 176 Å². The molecule has 0 saturated heterocycles. The van der Waals surface area contributed by atoms with Crippen LogP contribution in [0.4, 0.5) is 0 Å². The SMILES string of the molecule is c1ccc(-c2ccc(-c3nc(-c4ccccc4)nc(-c4cccc(-c5ccc(-c6ccc7sc8c9ccccc9nnc8c7c6)cc5)c4)n3)cc2)cc1. The van der Waals surface area contributed by atoms with Crippen LogP contribution < -0.4 is 0 Å². The lowest BCUT2D eigenvalue weighted by Crippen LogP contribution is -2.00. The molecule has 7 aromatic carbocycles. The Morgan fingerprint density at radius 3 is 1.49 bits per heavy atom. The first-order chi connectivity index (χ1) is 26.2. The maximum absolute atomic E-state index is 5.02. The summed E-state index contributed by atoms with van der Waals surface area (Å²) in [5.41, 5.74) is 11.5. The van der Waals surface area contributed by atoms with Crippen LogP contribution >= 0.6 is 11.3 Å². The Labute approximate surface area is 310 Å². The Balaban J connectivity index is 0.987. The lowest BCUT2D eigenvalue weighted by Gasteiger charge is -2.10. The van der Waals surface area contributed by atoms with Gasteiger partial charge in [0, 0.05) is 32.2 Å². The van der Waals surface area contributed by atoms with E-state index in [1.807, 2.05) is 48.5 Å². The van der Waals surface area contributed by atoms with Crippen molar-refractivity contribution in [2.75, 3.05) is 0 Å². The first-order valence-corrected chi connectivity index (χ1v) is 18.3. The van der Waals surface area contributed by atoms with Crippen molar-refractivity contribution < 1.29 is 0 Å². The third kappa shape index (κ3) is 5.81. The summed E-state index contributed by atoms with van der Waals surface area (Å²) in [7, 11) is 0. The number of benzene rings is 7. The molecule has 10 aromatic rings. The molecule has 0 saturated carbocycles. The number of fused-ring (bicyclic) bond motifs is 5. The zero-order valence-electron chi connectivity index (χ0n) is 28.4. The van der Waals surface area contributed by atoms with E-state index in [4.69, 9.17) is 15.0 Å². The fraction of sp³-hybridized carbons (Fsp3) is 0. The van der Waals surface area contributed by atoms with E-state index in [2.05, 4.69) is 138 Å². The predicted molar refractivity (Wildman–Crippen MR) is 218 cm³/mol. The fourth-order valence-electron chi connectivity index (χ4n) is 6.89. The smallest absolute Gasteiger partial charge is 0.164 e. The first kappa shape index (κ1) is 30.9. The Hall–Kier alpha value is -6.89. The van der Waals surface area contributed by atoms with Gasteiger partial charge in [0.2, 0.25) is 0 Å². The monoisotopic (exact) mass is 695 g/mol. The largest absolute Gasteiger partial charge is 0.208 e. The third-order valence-electron chi connectivity index (χ3n) is 9.66. The molecule has 10 rings (SSSR count). The molecular formula is C47H29N5S. The Bertz CT molecular complexity index is 2920. The van der Waals surface area contributed by atoms with E-state index in [0.717, 1.165) is 66.3 Å². The molecule has 0 bridgehead atoms. The molecule has 0 spiro atoms. The summed E-state index contributed by atoms with van der Waals surface area (Å²) >= 11 is 1.78. The van der Waals surface area contributed by atoms with Crippen molar-refractivity contribution in [1.82, 2.24) is 25.1 Å². The average molecular weight is 696 g/mol. The topological polar surface area (TPSA) is 64.5 Å². The molecule has 0 amide bonds. The number of hydrogen-bond acceptors (Lipinski definition) is 6. The third-order valence-corrected chi connectivity index (χ3v) is 10.9. The summed E-state index contributed by atoms with van der Waals surface area (Å²) in [6.45, 7) is 0. The molecule has 53 heavy (non-hydrogen) atoms. The minimum atomic E-state index is 0.631. The minimum Gasteiger partial charge on any atom is -0.208 e. The van der Waals surface area contributed by atoms with E-state index < -0.39 is 0 Å². The highest BCUT2D eigenvalue weighted by molar-refractivity contribution is 7.26. The summed E-state index contributed by atoms with van der Waals surface area (Å²) in [5.74, 6) is 1.91. The molecule has 0 aliphatic heterocycles. The van der Waals surface area contributed by atoms with Gasteiger partial charge in [-0.05, 0) is 57.6 Å². The second kappa shape index (κ2) is 13.0. The number of hydrogen-bond donors (Lipinski definition) is 0. The average Bonchev–Trinajstić information content (AvgIpc) is 3.63. The van der Waals surface area contributed by atoms with Crippen molar-refractivity contribution in [3.8, 4) is 67.5 Å². The van der Waals surface area contributed by atoms with Gasteiger partial charge in [0.05, 0.1) is 10.2 Å². The van der Waals surface area contributed by atoms with Crippen molar-refractivity contribution in [2.45, 2.75) is 0 Å². The highest BCUT2D eigenvalue weighted by Gasteiger charge is 2.15. The molecule has 0 fully saturated rings. The van der Waals surface area contributed by atoms with Crippen LogP contribution in [-0.2, 0) is 0 Å². The van der Waals surface area contributed by atoms with Crippen molar-refractivity contribution >= 4 is 42.5 Å². The van der Waals surface area contributed by atoms with Crippen LogP contribution in [0.25, 0.3) is 98.7 Å². The van der Waals surface area contributed by atoms with Gasteiger partial charge in [-0.25, -0.2) is 15.0 Å². The van der Waals surface area contributed by atoms with Crippen molar-refractivity contribution in [3.63, 3.8) is 0 Å². The number of aromatic nitrogens is 5. The van der Waals surface area contributed by atoms with Crippen LogP contribution in [0.1, 0.15) is 0 Å². The lowest BCUT2D eigenvalue weighted by molar-refractivity contribution is 1.07. The first-order valence-electron chi connectivity index (χ1n) is 17.5. The summed E-state index contributed by atoms with van der Waals surface area (Å²) in [4.78, 5) is 14.9. The van der Waals surface area contributed by atoms with E-state index >= 15 is 0 Å². The van der Waals surface area contributed by atoms with E-state index in [-0.39, 0.29) is 0 Å². The molecule has 0 aliphatic carbocycles. The molecule has 0 radical (unpaired) electrons. The maximum atomic E-state index is 5.02. The molecule has 0 unspecified atom stereocenters. The second-order valence-corrected chi connectivity index (χ2v) is 14.0. The van der Waals surface area contributed by atoms with Gasteiger partial charge in [0.25, 0.3) is 0 Å². The minimum absolute atomic E-state index is 0.631. The van der Waals surface area contributed by atoms with Gasteiger partial charge in [-0.15, -0.1) is 21.5 Å². The Morgan fingerprint density at radius 1 is 0.321 bits per heavy atom. The molecular weight excluding hydrogens is 667 g/mol. The van der Waals surface area contributed by atoms with Crippen molar-refractivity contribution in [2.24, 2.45) is 0 Å². The molecule has 0 N–H and O–H groups in total. The molecule has 5 nitrogen and oxygen atoms in total. The second-order valence-electron chi connectivity index (χ2n) is 13.0. The standard InChI is InChI=1S/C47H29N5S/c1-3-10-30(11-4-1)31-22-24-35(25-23-31)46-48-45(34-12-5-2-6-13-34)49-47(50-46)38-15-9-14-36(28-38)32-18-20-33(21-19-32)37-26-27-42-40(29-37)43-44(53-42)39-16-7-8-17-41(39)51-52-43/h1-29H. The Kier molecular flexibility index (Phi) is 7.59. The Morgan fingerprint density at radius 2 is 0.792 bits per heavy atom. The van der Waals surface area contributed by atoms with Crippen LogP contribution in [0.3, 0.4) is 0 Å². The quantitative estimate of drug-likeness (QED) is 0.173. The molecule has 0 aliphatic rings. The molecule has 3 aromatic heterocycles. The highest BCUT2D eigenvalue weighted by Crippen LogP contribution is 2.38. The van der Waals surface area contributed by atoms with Crippen molar-refractivity contribution in [1.29, 1.82) is 0 Å². The normalized spacial score (nSPS) is 11.4. The van der Waals surface area contributed by atoms with Crippen molar-refractivity contribution in [3.05, 3.63) is 176 Å².